The van der Waals surface area contributed by atoms with E-state index in [1.807, 2.05) is 13.8 Å². The van der Waals surface area contributed by atoms with Gasteiger partial charge >= 0.3 is 0 Å². The highest BCUT2D eigenvalue weighted by Gasteiger charge is 2.34. The molecule has 2 rings (SSSR count). The molecular formula is C15H22FNO4S. The molecule has 0 saturated carbocycles. The maximum atomic E-state index is 14.3. The van der Waals surface area contributed by atoms with Gasteiger partial charge in [0.25, 0.3) is 0 Å². The van der Waals surface area contributed by atoms with E-state index in [0.29, 0.717) is 13.1 Å². The first-order chi connectivity index (χ1) is 10.3. The lowest BCUT2D eigenvalue weighted by molar-refractivity contribution is 0.222. The van der Waals surface area contributed by atoms with E-state index in [1.54, 1.807) is 0 Å². The second kappa shape index (κ2) is 6.42. The van der Waals surface area contributed by atoms with Crippen molar-refractivity contribution in [3.05, 3.63) is 17.9 Å². The van der Waals surface area contributed by atoms with E-state index >= 15 is 0 Å². The quantitative estimate of drug-likeness (QED) is 0.851. The fourth-order valence-corrected chi connectivity index (χ4v) is 4.72. The zero-order valence-electron chi connectivity index (χ0n) is 13.3. The Morgan fingerprint density at radius 2 is 1.59 bits per heavy atom. The third-order valence-corrected chi connectivity index (χ3v) is 5.74. The maximum Gasteiger partial charge on any atom is 0.246 e. The van der Waals surface area contributed by atoms with Gasteiger partial charge in [0.2, 0.25) is 10.0 Å². The largest absolute Gasteiger partial charge is 0.493 e. The molecule has 0 N–H and O–H groups in total. The molecule has 1 aliphatic heterocycles. The van der Waals surface area contributed by atoms with Gasteiger partial charge in [-0.25, -0.2) is 12.8 Å². The number of ether oxygens (including phenoxy) is 2. The minimum atomic E-state index is -3.89. The molecule has 2 atom stereocenters. The van der Waals surface area contributed by atoms with Crippen LogP contribution in [0.4, 0.5) is 4.39 Å². The second-order valence-corrected chi connectivity index (χ2v) is 7.81. The molecule has 0 amide bonds. The van der Waals surface area contributed by atoms with Gasteiger partial charge in [-0.05, 0) is 18.3 Å². The molecule has 1 aliphatic rings. The van der Waals surface area contributed by atoms with Gasteiger partial charge in [-0.2, -0.15) is 4.31 Å². The number of hydrogen-bond donors (Lipinski definition) is 0. The van der Waals surface area contributed by atoms with Gasteiger partial charge in [-0.3, -0.25) is 0 Å². The Hall–Kier alpha value is -1.34. The molecule has 1 fully saturated rings. The number of piperidine rings is 1. The summed E-state index contributed by atoms with van der Waals surface area (Å²) in [7, 11) is -1.13. The van der Waals surface area contributed by atoms with Gasteiger partial charge < -0.3 is 9.47 Å². The Bertz CT molecular complexity index is 637. The van der Waals surface area contributed by atoms with Crippen LogP contribution in [0.5, 0.6) is 11.5 Å². The minimum Gasteiger partial charge on any atom is -0.493 e. The van der Waals surface area contributed by atoms with Crippen molar-refractivity contribution in [2.24, 2.45) is 11.8 Å². The molecule has 7 heteroatoms. The van der Waals surface area contributed by atoms with Gasteiger partial charge in [0.05, 0.1) is 14.2 Å². The number of nitrogens with zero attached hydrogens (tertiary/aromatic N) is 1. The third-order valence-electron chi connectivity index (χ3n) is 3.89. The van der Waals surface area contributed by atoms with E-state index < -0.39 is 15.8 Å². The van der Waals surface area contributed by atoms with Crippen LogP contribution in [0.3, 0.4) is 0 Å². The first-order valence-electron chi connectivity index (χ1n) is 7.21. The zero-order valence-corrected chi connectivity index (χ0v) is 14.1. The van der Waals surface area contributed by atoms with Crippen LogP contribution in [-0.4, -0.2) is 40.0 Å². The molecule has 1 saturated heterocycles. The summed E-state index contributed by atoms with van der Waals surface area (Å²) >= 11 is 0. The van der Waals surface area contributed by atoms with E-state index in [9.17, 15) is 12.8 Å². The van der Waals surface area contributed by atoms with Crippen molar-refractivity contribution in [3.8, 4) is 11.5 Å². The summed E-state index contributed by atoms with van der Waals surface area (Å²) in [6, 6.07) is 2.23. The lowest BCUT2D eigenvalue weighted by atomic mass is 9.94. The highest BCUT2D eigenvalue weighted by molar-refractivity contribution is 7.89. The molecule has 5 nitrogen and oxygen atoms in total. The van der Waals surface area contributed by atoms with Gasteiger partial charge in [-0.1, -0.05) is 13.8 Å². The number of hydrogen-bond acceptors (Lipinski definition) is 4. The summed E-state index contributed by atoms with van der Waals surface area (Å²) in [6.45, 7) is 4.81. The average molecular weight is 331 g/mol. The molecule has 0 aliphatic carbocycles. The zero-order chi connectivity index (χ0) is 16.5. The molecule has 1 aromatic rings. The number of sulfonamides is 1. The Morgan fingerprint density at radius 1 is 1.09 bits per heavy atom. The van der Waals surface area contributed by atoms with Crippen LogP contribution < -0.4 is 9.47 Å². The molecular weight excluding hydrogens is 309 g/mol. The van der Waals surface area contributed by atoms with E-state index in [-0.39, 0.29) is 28.2 Å². The van der Waals surface area contributed by atoms with Crippen molar-refractivity contribution < 1.29 is 22.3 Å². The fourth-order valence-electron chi connectivity index (χ4n) is 2.97. The van der Waals surface area contributed by atoms with Gasteiger partial charge in [0.15, 0.2) is 11.5 Å². The summed E-state index contributed by atoms with van der Waals surface area (Å²) in [6.07, 6.45) is 0.973. The van der Waals surface area contributed by atoms with Crippen LogP contribution in [0.1, 0.15) is 20.3 Å². The first-order valence-corrected chi connectivity index (χ1v) is 8.65. The van der Waals surface area contributed by atoms with Crippen molar-refractivity contribution in [1.29, 1.82) is 0 Å². The van der Waals surface area contributed by atoms with E-state index in [2.05, 4.69) is 0 Å². The summed E-state index contributed by atoms with van der Waals surface area (Å²) in [5, 5.41) is 0. The average Bonchev–Trinajstić information content (AvgIpc) is 2.45. The van der Waals surface area contributed by atoms with Gasteiger partial charge in [0, 0.05) is 25.2 Å². The summed E-state index contributed by atoms with van der Waals surface area (Å²) < 4.78 is 51.2. The SMILES string of the molecule is COc1cc(F)c(S(=O)(=O)N2C[C@@H](C)C[C@H](C)C2)cc1OC. The van der Waals surface area contributed by atoms with Crippen LogP contribution in [0.2, 0.25) is 0 Å². The summed E-state index contributed by atoms with van der Waals surface area (Å²) in [5.74, 6) is 0.0342. The van der Waals surface area contributed by atoms with E-state index in [0.717, 1.165) is 12.5 Å². The Labute approximate surface area is 131 Å². The second-order valence-electron chi connectivity index (χ2n) is 5.91. The number of benzene rings is 1. The Balaban J connectivity index is 2.45. The first kappa shape index (κ1) is 17.0. The molecule has 0 unspecified atom stereocenters. The Kier molecular flexibility index (Phi) is 4.97. The summed E-state index contributed by atoms with van der Waals surface area (Å²) in [4.78, 5) is -0.369. The Morgan fingerprint density at radius 3 is 2.09 bits per heavy atom. The fraction of sp³-hybridized carbons (Fsp3) is 0.600. The lowest BCUT2D eigenvalue weighted by Gasteiger charge is -2.34. The van der Waals surface area contributed by atoms with Crippen molar-refractivity contribution >= 4 is 10.0 Å². The molecule has 1 aromatic carbocycles. The number of methoxy groups -OCH3 is 2. The van der Waals surface area contributed by atoms with Crippen molar-refractivity contribution in [3.63, 3.8) is 0 Å². The topological polar surface area (TPSA) is 55.8 Å². The molecule has 1 heterocycles. The van der Waals surface area contributed by atoms with Crippen molar-refractivity contribution in [1.82, 2.24) is 4.31 Å². The molecule has 0 bridgehead atoms. The predicted molar refractivity (Wildman–Crippen MR) is 81.2 cm³/mol. The smallest absolute Gasteiger partial charge is 0.246 e. The van der Waals surface area contributed by atoms with Crippen LogP contribution in [0.15, 0.2) is 17.0 Å². The minimum absolute atomic E-state index is 0.166. The maximum absolute atomic E-state index is 14.3. The standard InChI is InChI=1S/C15H22FNO4S/c1-10-5-11(2)9-17(8-10)22(18,19)15-7-14(21-4)13(20-3)6-12(15)16/h6-7,10-11H,5,8-9H2,1-4H3/t10-,11-/m0/s1. The lowest BCUT2D eigenvalue weighted by Crippen LogP contribution is -2.42. The normalized spacial score (nSPS) is 23.3. The molecule has 0 radical (unpaired) electrons. The molecule has 0 spiro atoms. The van der Waals surface area contributed by atoms with Crippen LogP contribution in [0.25, 0.3) is 0 Å². The summed E-state index contributed by atoms with van der Waals surface area (Å²) in [5.41, 5.74) is 0. The predicted octanol–water partition coefficient (Wildman–Crippen LogP) is 2.51. The number of rotatable bonds is 4. The van der Waals surface area contributed by atoms with Crippen LogP contribution >= 0.6 is 0 Å². The van der Waals surface area contributed by atoms with Crippen LogP contribution in [0, 0.1) is 17.7 Å². The van der Waals surface area contributed by atoms with Crippen LogP contribution in [-0.2, 0) is 10.0 Å². The highest BCUT2D eigenvalue weighted by atomic mass is 32.2. The number of halogens is 1. The van der Waals surface area contributed by atoms with Gasteiger partial charge in [0.1, 0.15) is 10.7 Å². The van der Waals surface area contributed by atoms with Crippen molar-refractivity contribution in [2.75, 3.05) is 27.3 Å². The van der Waals surface area contributed by atoms with E-state index in [1.165, 1.54) is 24.6 Å². The third kappa shape index (κ3) is 3.20. The monoisotopic (exact) mass is 331 g/mol. The molecule has 124 valence electrons. The molecule has 0 aromatic heterocycles. The van der Waals surface area contributed by atoms with Gasteiger partial charge in [-0.15, -0.1) is 0 Å². The van der Waals surface area contributed by atoms with Crippen molar-refractivity contribution in [2.45, 2.75) is 25.2 Å². The molecule has 22 heavy (non-hydrogen) atoms. The highest BCUT2D eigenvalue weighted by Crippen LogP contribution is 2.34. The van der Waals surface area contributed by atoms with E-state index in [4.69, 9.17) is 9.47 Å².